The predicted molar refractivity (Wildman–Crippen MR) is 94.5 cm³/mol. The summed E-state index contributed by atoms with van der Waals surface area (Å²) in [6, 6.07) is 4.98. The lowest BCUT2D eigenvalue weighted by atomic mass is 10.2. The maximum Gasteiger partial charge on any atom is 0.324 e. The van der Waals surface area contributed by atoms with Crippen LogP contribution in [0, 0.1) is 30.3 Å². The van der Waals surface area contributed by atoms with Crippen molar-refractivity contribution in [3.8, 4) is 5.75 Å². The van der Waals surface area contributed by atoms with Gasteiger partial charge >= 0.3 is 11.4 Å². The minimum atomic E-state index is -1.21. The van der Waals surface area contributed by atoms with Crippen LogP contribution in [-0.4, -0.2) is 30.6 Å². The maximum atomic E-state index is 10.4. The number of aryl methyl sites for hydroxylation is 1. The van der Waals surface area contributed by atoms with Crippen molar-refractivity contribution < 1.29 is 19.9 Å². The number of nitrogens with zero attached hydrogens (tertiary/aromatic N) is 4. The van der Waals surface area contributed by atoms with Crippen LogP contribution in [0.25, 0.3) is 0 Å². The molecule has 1 N–H and O–H groups in total. The van der Waals surface area contributed by atoms with Crippen molar-refractivity contribution in [3.05, 3.63) is 72.6 Å². The highest BCUT2D eigenvalue weighted by Gasteiger charge is 2.30. The molecule has 2 rings (SSSR count). The number of thiol groups is 1. The monoisotopic (exact) mass is 382 g/mol. The minimum absolute atomic E-state index is 0.447. The fourth-order valence-corrected chi connectivity index (χ4v) is 1.96. The van der Waals surface area contributed by atoms with E-state index in [0.717, 1.165) is 18.6 Å². The summed E-state index contributed by atoms with van der Waals surface area (Å²) < 4.78 is 0. The lowest BCUT2D eigenvalue weighted by Gasteiger charge is -1.97. The van der Waals surface area contributed by atoms with E-state index in [1.54, 1.807) is 0 Å². The van der Waals surface area contributed by atoms with Gasteiger partial charge in [-0.15, -0.1) is 0 Å². The van der Waals surface area contributed by atoms with Crippen LogP contribution < -0.4 is 0 Å². The van der Waals surface area contributed by atoms with Crippen LogP contribution in [0.1, 0.15) is 12.0 Å². The van der Waals surface area contributed by atoms with Gasteiger partial charge in [0.1, 0.15) is 0 Å². The quantitative estimate of drug-likeness (QED) is 0.437. The zero-order chi connectivity index (χ0) is 19.7. The fourth-order valence-electron chi connectivity index (χ4n) is 1.81. The van der Waals surface area contributed by atoms with Crippen molar-refractivity contribution in [2.75, 3.05) is 5.75 Å². The molecule has 11 nitrogen and oxygen atoms in total. The lowest BCUT2D eigenvalue weighted by Crippen LogP contribution is -1.97. The third-order valence-electron chi connectivity index (χ3n) is 3.03. The van der Waals surface area contributed by atoms with Gasteiger partial charge in [-0.3, -0.25) is 35.3 Å². The number of nitro groups is 3. The topological polar surface area (TPSA) is 163 Å². The van der Waals surface area contributed by atoms with Gasteiger partial charge in [-0.05, 0) is 36.3 Å². The molecule has 0 amide bonds. The molecule has 0 spiro atoms. The molecular weight excluding hydrogens is 368 g/mol. The largest absolute Gasteiger partial charge is 0.497 e. The molecular formula is C14H14N4O7S. The normalized spacial score (nSPS) is 9.73. The summed E-state index contributed by atoms with van der Waals surface area (Å²) in [7, 11) is 0. The predicted octanol–water partition coefficient (Wildman–Crippen LogP) is 3.06. The van der Waals surface area contributed by atoms with Crippen LogP contribution in [-0.2, 0) is 6.42 Å². The molecule has 0 saturated heterocycles. The highest BCUT2D eigenvalue weighted by molar-refractivity contribution is 7.80. The van der Waals surface area contributed by atoms with Gasteiger partial charge in [-0.25, -0.2) is 0 Å². The Labute approximate surface area is 152 Å². The number of nitro benzene ring substituents is 3. The van der Waals surface area contributed by atoms with E-state index in [-0.39, 0.29) is 0 Å². The summed E-state index contributed by atoms with van der Waals surface area (Å²) in [5.74, 6) is -0.247. The summed E-state index contributed by atoms with van der Waals surface area (Å²) >= 11 is 4.14. The van der Waals surface area contributed by atoms with Crippen molar-refractivity contribution in [3.63, 3.8) is 0 Å². The molecule has 1 heterocycles. The van der Waals surface area contributed by atoms with Crippen molar-refractivity contribution >= 4 is 29.7 Å². The molecule has 0 saturated carbocycles. The molecule has 12 heteroatoms. The molecule has 0 aliphatic heterocycles. The molecule has 0 bridgehead atoms. The van der Waals surface area contributed by atoms with Gasteiger partial charge in [0.05, 0.1) is 26.9 Å². The number of aromatic hydroxyl groups is 1. The summed E-state index contributed by atoms with van der Waals surface area (Å²) in [4.78, 5) is 31.7. The molecule has 26 heavy (non-hydrogen) atoms. The highest BCUT2D eigenvalue weighted by Crippen LogP contribution is 2.38. The third-order valence-corrected chi connectivity index (χ3v) is 3.35. The summed E-state index contributed by atoms with van der Waals surface area (Å²) in [6.07, 6.45) is 5.92. The number of aromatic nitrogens is 1. The molecule has 1 aromatic carbocycles. The van der Waals surface area contributed by atoms with Gasteiger partial charge in [0.15, 0.2) is 0 Å². The Morgan fingerprint density at radius 3 is 1.85 bits per heavy atom. The Kier molecular flexibility index (Phi) is 7.89. The van der Waals surface area contributed by atoms with E-state index in [9.17, 15) is 30.3 Å². The molecule has 138 valence electrons. The van der Waals surface area contributed by atoms with Crippen molar-refractivity contribution in [2.24, 2.45) is 0 Å². The number of hydrogen-bond acceptors (Lipinski definition) is 9. The summed E-state index contributed by atoms with van der Waals surface area (Å²) in [5, 5.41) is 40.2. The van der Waals surface area contributed by atoms with E-state index in [4.69, 9.17) is 5.11 Å². The van der Waals surface area contributed by atoms with E-state index >= 15 is 0 Å². The van der Waals surface area contributed by atoms with Crippen LogP contribution in [0.5, 0.6) is 5.75 Å². The number of phenols is 1. The lowest BCUT2D eigenvalue weighted by molar-refractivity contribution is -0.404. The van der Waals surface area contributed by atoms with Gasteiger partial charge in [0.25, 0.3) is 11.4 Å². The second-order valence-electron chi connectivity index (χ2n) is 4.79. The first kappa shape index (κ1) is 20.8. The van der Waals surface area contributed by atoms with E-state index < -0.39 is 37.6 Å². The molecule has 1 aromatic heterocycles. The number of phenolic OH excluding ortho intramolecular Hbond substituents is 1. The van der Waals surface area contributed by atoms with E-state index in [0.29, 0.717) is 12.1 Å². The van der Waals surface area contributed by atoms with Crippen molar-refractivity contribution in [1.29, 1.82) is 0 Å². The molecule has 0 atom stereocenters. The Morgan fingerprint density at radius 2 is 1.46 bits per heavy atom. The molecule has 0 aliphatic carbocycles. The molecule has 0 fully saturated rings. The Balaban J connectivity index is 0.000000289. The van der Waals surface area contributed by atoms with Gasteiger partial charge in [-0.1, -0.05) is 0 Å². The van der Waals surface area contributed by atoms with Crippen molar-refractivity contribution in [2.45, 2.75) is 12.8 Å². The van der Waals surface area contributed by atoms with Gasteiger partial charge < -0.3 is 5.11 Å². The van der Waals surface area contributed by atoms with Crippen LogP contribution in [0.2, 0.25) is 0 Å². The Morgan fingerprint density at radius 1 is 0.962 bits per heavy atom. The SMILES string of the molecule is O=[N+]([O-])c1cc([N+](=O)[O-])c(O)c([N+](=O)[O-])c1.SCCCc1ccncc1. The first-order valence-corrected chi connectivity index (χ1v) is 7.71. The maximum absolute atomic E-state index is 10.4. The van der Waals surface area contributed by atoms with Crippen LogP contribution in [0.4, 0.5) is 17.1 Å². The van der Waals surface area contributed by atoms with Crippen LogP contribution >= 0.6 is 12.6 Å². The second kappa shape index (κ2) is 9.88. The first-order valence-electron chi connectivity index (χ1n) is 7.07. The smallest absolute Gasteiger partial charge is 0.324 e. The highest BCUT2D eigenvalue weighted by atomic mass is 32.1. The zero-order valence-electron chi connectivity index (χ0n) is 13.2. The number of rotatable bonds is 6. The Hall–Kier alpha value is -3.28. The molecule has 0 unspecified atom stereocenters. The van der Waals surface area contributed by atoms with Gasteiger partial charge in [-0.2, -0.15) is 12.6 Å². The number of non-ortho nitro benzene ring substituents is 1. The van der Waals surface area contributed by atoms with Gasteiger partial charge in [0, 0.05) is 12.4 Å². The molecule has 0 radical (unpaired) electrons. The summed E-state index contributed by atoms with van der Waals surface area (Å²) in [6.45, 7) is 0. The van der Waals surface area contributed by atoms with E-state index in [1.807, 2.05) is 24.5 Å². The average molecular weight is 382 g/mol. The molecule has 2 aromatic rings. The number of benzene rings is 1. The minimum Gasteiger partial charge on any atom is -0.497 e. The first-order chi connectivity index (χ1) is 12.3. The van der Waals surface area contributed by atoms with Gasteiger partial charge in [0.2, 0.25) is 0 Å². The van der Waals surface area contributed by atoms with Crippen LogP contribution in [0.3, 0.4) is 0 Å². The Bertz CT molecular complexity index is 766. The molecule has 0 aliphatic rings. The fraction of sp³-hybridized carbons (Fsp3) is 0.214. The third kappa shape index (κ3) is 5.98. The van der Waals surface area contributed by atoms with Crippen LogP contribution in [0.15, 0.2) is 36.7 Å². The van der Waals surface area contributed by atoms with E-state index in [1.165, 1.54) is 5.56 Å². The zero-order valence-corrected chi connectivity index (χ0v) is 14.1. The number of pyridine rings is 1. The van der Waals surface area contributed by atoms with Crippen molar-refractivity contribution in [1.82, 2.24) is 4.98 Å². The van der Waals surface area contributed by atoms with E-state index in [2.05, 4.69) is 17.6 Å². The standard InChI is InChI=1S/C8H11NS.C6H3N3O7/c10-7-1-2-8-3-5-9-6-4-8;10-6-4(8(13)14)1-3(7(11)12)2-5(6)9(15)16/h3-6,10H,1-2,7H2;1-2,10H. The second-order valence-corrected chi connectivity index (χ2v) is 5.23. The average Bonchev–Trinajstić information content (AvgIpc) is 2.60. The summed E-state index contributed by atoms with van der Waals surface area (Å²) in [5.41, 5.74) is -1.65. The number of hydrogen-bond donors (Lipinski definition) is 2.